The number of rotatable bonds is 7. The Morgan fingerprint density at radius 1 is 1.17 bits per heavy atom. The summed E-state index contributed by atoms with van der Waals surface area (Å²) in [5, 5.41) is 4.28. The summed E-state index contributed by atoms with van der Waals surface area (Å²) in [5.74, 6) is -1.09. The van der Waals surface area contributed by atoms with Crippen LogP contribution < -0.4 is 5.32 Å². The lowest BCUT2D eigenvalue weighted by molar-refractivity contribution is -0.115. The largest absolute Gasteiger partial charge is 0.462 e. The van der Waals surface area contributed by atoms with Crippen LogP contribution in [0.2, 0.25) is 0 Å². The molecule has 0 saturated heterocycles. The van der Waals surface area contributed by atoms with E-state index in [2.05, 4.69) is 5.32 Å². The number of amides is 1. The van der Waals surface area contributed by atoms with Gasteiger partial charge in [0.1, 0.15) is 4.21 Å². The van der Waals surface area contributed by atoms with Gasteiger partial charge in [0.2, 0.25) is 5.91 Å². The highest BCUT2D eigenvalue weighted by Crippen LogP contribution is 2.18. The van der Waals surface area contributed by atoms with Gasteiger partial charge in [-0.3, -0.25) is 4.79 Å². The Balaban J connectivity index is 1.90. The molecule has 8 heteroatoms. The number of carbonyl (C=O) groups is 2. The van der Waals surface area contributed by atoms with Crippen LogP contribution in [0, 0.1) is 0 Å². The smallest absolute Gasteiger partial charge is 0.338 e. The van der Waals surface area contributed by atoms with Crippen molar-refractivity contribution in [3.63, 3.8) is 0 Å². The summed E-state index contributed by atoms with van der Waals surface area (Å²) in [7, 11) is -3.43. The second-order valence-electron chi connectivity index (χ2n) is 4.85. The maximum atomic E-state index is 12.0. The third kappa shape index (κ3) is 4.90. The minimum atomic E-state index is -3.43. The van der Waals surface area contributed by atoms with Gasteiger partial charge in [-0.1, -0.05) is 6.07 Å². The van der Waals surface area contributed by atoms with Crippen LogP contribution >= 0.6 is 11.3 Å². The van der Waals surface area contributed by atoms with E-state index in [9.17, 15) is 18.0 Å². The second-order valence-corrected chi connectivity index (χ2v) is 8.13. The quantitative estimate of drug-likeness (QED) is 0.760. The molecule has 0 aliphatic rings. The zero-order valence-electron chi connectivity index (χ0n) is 13.0. The number of sulfone groups is 1. The van der Waals surface area contributed by atoms with Crippen LogP contribution in [-0.4, -0.2) is 32.7 Å². The van der Waals surface area contributed by atoms with Gasteiger partial charge in [0.05, 0.1) is 17.9 Å². The monoisotopic (exact) mass is 367 g/mol. The van der Waals surface area contributed by atoms with Crippen molar-refractivity contribution in [3.8, 4) is 0 Å². The fraction of sp³-hybridized carbons (Fsp3) is 0.250. The average Bonchev–Trinajstić information content (AvgIpc) is 3.09. The maximum Gasteiger partial charge on any atom is 0.338 e. The SMILES string of the molecule is CCOC(=O)c1ccc(NC(=O)CCS(=O)(=O)c2cccs2)cc1. The van der Waals surface area contributed by atoms with Crippen LogP contribution in [0.3, 0.4) is 0 Å². The number of thiophene rings is 1. The van der Waals surface area contributed by atoms with Crippen molar-refractivity contribution in [2.24, 2.45) is 0 Å². The first-order chi connectivity index (χ1) is 11.4. The van der Waals surface area contributed by atoms with Gasteiger partial charge in [-0.2, -0.15) is 0 Å². The normalized spacial score (nSPS) is 11.0. The highest BCUT2D eigenvalue weighted by atomic mass is 32.2. The summed E-state index contributed by atoms with van der Waals surface area (Å²) >= 11 is 1.13. The Morgan fingerprint density at radius 3 is 2.46 bits per heavy atom. The molecule has 1 N–H and O–H groups in total. The molecule has 0 radical (unpaired) electrons. The van der Waals surface area contributed by atoms with Crippen LogP contribution in [0.4, 0.5) is 5.69 Å². The van der Waals surface area contributed by atoms with E-state index >= 15 is 0 Å². The van der Waals surface area contributed by atoms with Gasteiger partial charge in [0, 0.05) is 12.1 Å². The number of esters is 1. The fourth-order valence-corrected chi connectivity index (χ4v) is 4.29. The number of benzene rings is 1. The molecule has 128 valence electrons. The Labute approximate surface area is 144 Å². The molecule has 6 nitrogen and oxygen atoms in total. The van der Waals surface area contributed by atoms with Crippen molar-refractivity contribution in [1.82, 2.24) is 0 Å². The lowest BCUT2D eigenvalue weighted by Crippen LogP contribution is -2.17. The van der Waals surface area contributed by atoms with Crippen LogP contribution in [0.1, 0.15) is 23.7 Å². The Bertz CT molecular complexity index is 796. The van der Waals surface area contributed by atoms with Gasteiger partial charge in [-0.05, 0) is 42.6 Å². The molecule has 0 aliphatic carbocycles. The van der Waals surface area contributed by atoms with Crippen molar-refractivity contribution in [2.75, 3.05) is 17.7 Å². The molecule has 1 aromatic heterocycles. The van der Waals surface area contributed by atoms with Crippen LogP contribution in [0.15, 0.2) is 46.0 Å². The number of carbonyl (C=O) groups excluding carboxylic acids is 2. The topological polar surface area (TPSA) is 89.5 Å². The van der Waals surface area contributed by atoms with Gasteiger partial charge in [0.15, 0.2) is 9.84 Å². The molecule has 0 bridgehead atoms. The summed E-state index contributed by atoms with van der Waals surface area (Å²) < 4.78 is 29.1. The van der Waals surface area contributed by atoms with E-state index in [1.807, 2.05) is 0 Å². The number of nitrogens with one attached hydrogen (secondary N) is 1. The zero-order valence-corrected chi connectivity index (χ0v) is 14.7. The van der Waals surface area contributed by atoms with Crippen molar-refractivity contribution in [2.45, 2.75) is 17.6 Å². The van der Waals surface area contributed by atoms with Crippen molar-refractivity contribution < 1.29 is 22.7 Å². The minimum Gasteiger partial charge on any atom is -0.462 e. The summed E-state index contributed by atoms with van der Waals surface area (Å²) in [4.78, 5) is 23.4. The highest BCUT2D eigenvalue weighted by molar-refractivity contribution is 7.93. The molecular formula is C16H17NO5S2. The van der Waals surface area contributed by atoms with Gasteiger partial charge >= 0.3 is 5.97 Å². The molecule has 24 heavy (non-hydrogen) atoms. The molecule has 1 amide bonds. The Hall–Kier alpha value is -2.19. The third-order valence-electron chi connectivity index (χ3n) is 3.08. The van der Waals surface area contributed by atoms with Gasteiger partial charge in [-0.15, -0.1) is 11.3 Å². The molecule has 1 aromatic carbocycles. The standard InChI is InChI=1S/C16H17NO5S2/c1-2-22-16(19)12-5-7-13(8-6-12)17-14(18)9-11-24(20,21)15-4-3-10-23-15/h3-8,10H,2,9,11H2,1H3,(H,17,18). The van der Waals surface area contributed by atoms with E-state index in [1.54, 1.807) is 30.5 Å². The minimum absolute atomic E-state index is 0.139. The van der Waals surface area contributed by atoms with Gasteiger partial charge in [-0.25, -0.2) is 13.2 Å². The highest BCUT2D eigenvalue weighted by Gasteiger charge is 2.17. The van der Waals surface area contributed by atoms with E-state index < -0.39 is 21.7 Å². The molecule has 2 aromatic rings. The molecule has 1 heterocycles. The molecule has 0 atom stereocenters. The van der Waals surface area contributed by atoms with E-state index in [-0.39, 0.29) is 23.0 Å². The molecule has 0 saturated carbocycles. The number of ether oxygens (including phenoxy) is 1. The summed E-state index contributed by atoms with van der Waals surface area (Å²) in [6.45, 7) is 2.01. The summed E-state index contributed by atoms with van der Waals surface area (Å²) in [6, 6.07) is 9.39. The Morgan fingerprint density at radius 2 is 1.88 bits per heavy atom. The summed E-state index contributed by atoms with van der Waals surface area (Å²) in [5.41, 5.74) is 0.872. The summed E-state index contributed by atoms with van der Waals surface area (Å²) in [6.07, 6.45) is -0.139. The molecule has 0 fully saturated rings. The van der Waals surface area contributed by atoms with E-state index in [0.717, 1.165) is 11.3 Å². The van der Waals surface area contributed by atoms with Gasteiger partial charge in [0.25, 0.3) is 0 Å². The average molecular weight is 367 g/mol. The number of hydrogen-bond donors (Lipinski definition) is 1. The van der Waals surface area contributed by atoms with E-state index in [4.69, 9.17) is 4.74 Å². The maximum absolute atomic E-state index is 12.0. The molecule has 0 aliphatic heterocycles. The first-order valence-corrected chi connectivity index (χ1v) is 9.79. The van der Waals surface area contributed by atoms with Crippen LogP contribution in [0.25, 0.3) is 0 Å². The van der Waals surface area contributed by atoms with Crippen molar-refractivity contribution >= 4 is 38.7 Å². The van der Waals surface area contributed by atoms with Crippen molar-refractivity contribution in [3.05, 3.63) is 47.3 Å². The van der Waals surface area contributed by atoms with E-state index in [0.29, 0.717) is 11.3 Å². The van der Waals surface area contributed by atoms with Crippen LogP contribution in [-0.2, 0) is 19.4 Å². The molecule has 0 unspecified atom stereocenters. The van der Waals surface area contributed by atoms with Crippen molar-refractivity contribution in [1.29, 1.82) is 0 Å². The van der Waals surface area contributed by atoms with Gasteiger partial charge < -0.3 is 10.1 Å². The number of anilines is 1. The van der Waals surface area contributed by atoms with Crippen LogP contribution in [0.5, 0.6) is 0 Å². The Kier molecular flexibility index (Phi) is 6.10. The second kappa shape index (κ2) is 8.07. The number of hydrogen-bond acceptors (Lipinski definition) is 6. The lowest BCUT2D eigenvalue weighted by Gasteiger charge is -2.07. The predicted molar refractivity (Wildman–Crippen MR) is 92.0 cm³/mol. The lowest BCUT2D eigenvalue weighted by atomic mass is 10.2. The molecule has 0 spiro atoms. The molecule has 2 rings (SSSR count). The zero-order chi connectivity index (χ0) is 17.6. The molecular weight excluding hydrogens is 350 g/mol. The fourth-order valence-electron chi connectivity index (χ4n) is 1.90. The first kappa shape index (κ1) is 18.2. The predicted octanol–water partition coefficient (Wildman–Crippen LogP) is 2.73. The first-order valence-electron chi connectivity index (χ1n) is 7.25. The van der Waals surface area contributed by atoms with E-state index in [1.165, 1.54) is 18.2 Å². The third-order valence-corrected chi connectivity index (χ3v) is 6.28.